The van der Waals surface area contributed by atoms with Crippen LogP contribution in [0.3, 0.4) is 0 Å². The van der Waals surface area contributed by atoms with Gasteiger partial charge in [-0.1, -0.05) is 6.92 Å². The van der Waals surface area contributed by atoms with E-state index < -0.39 is 6.10 Å². The molecule has 0 bridgehead atoms. The van der Waals surface area contributed by atoms with Gasteiger partial charge in [-0.05, 0) is 45.0 Å². The molecule has 0 aromatic carbocycles. The summed E-state index contributed by atoms with van der Waals surface area (Å²) >= 11 is 0. The number of aliphatic hydroxyl groups is 1. The Morgan fingerprint density at radius 2 is 2.32 bits per heavy atom. The predicted molar refractivity (Wildman–Crippen MR) is 78.4 cm³/mol. The van der Waals surface area contributed by atoms with Gasteiger partial charge in [0, 0.05) is 19.6 Å². The number of aromatic nitrogens is 1. The second kappa shape index (κ2) is 6.35. The van der Waals surface area contributed by atoms with E-state index in [1.807, 2.05) is 19.2 Å². The quantitative estimate of drug-likeness (QED) is 0.882. The molecule has 1 aromatic heterocycles. The molecule has 4 heteroatoms. The van der Waals surface area contributed by atoms with E-state index in [0.717, 1.165) is 17.9 Å². The molecular weight excluding hydrogens is 238 g/mol. The second-order valence-corrected chi connectivity index (χ2v) is 5.52. The third-order valence-electron chi connectivity index (χ3n) is 4.10. The Balaban J connectivity index is 1.97. The molecule has 1 saturated heterocycles. The maximum absolute atomic E-state index is 9.74. The van der Waals surface area contributed by atoms with Crippen LogP contribution in [0.2, 0.25) is 0 Å². The van der Waals surface area contributed by atoms with E-state index in [1.165, 1.54) is 19.4 Å². The molecule has 2 rings (SSSR count). The van der Waals surface area contributed by atoms with Crippen LogP contribution in [-0.4, -0.2) is 48.2 Å². The summed E-state index contributed by atoms with van der Waals surface area (Å²) in [5.41, 5.74) is 1.88. The minimum atomic E-state index is -0.444. The molecule has 1 aliphatic heterocycles. The molecule has 1 aliphatic rings. The zero-order valence-electron chi connectivity index (χ0n) is 12.2. The maximum atomic E-state index is 9.74. The Morgan fingerprint density at radius 3 is 2.84 bits per heavy atom. The van der Waals surface area contributed by atoms with Crippen LogP contribution >= 0.6 is 0 Å². The molecule has 106 valence electrons. The van der Waals surface area contributed by atoms with Crippen LogP contribution in [-0.2, 0) is 0 Å². The number of aliphatic hydroxyl groups excluding tert-OH is 1. The first kappa shape index (κ1) is 14.3. The fourth-order valence-electron chi connectivity index (χ4n) is 2.66. The lowest BCUT2D eigenvalue weighted by Crippen LogP contribution is -2.36. The molecule has 19 heavy (non-hydrogen) atoms. The highest BCUT2D eigenvalue weighted by molar-refractivity contribution is 5.44. The molecule has 0 aliphatic carbocycles. The van der Waals surface area contributed by atoms with Crippen molar-refractivity contribution in [2.75, 3.05) is 32.1 Å². The number of anilines is 1. The van der Waals surface area contributed by atoms with Crippen molar-refractivity contribution in [2.45, 2.75) is 38.3 Å². The van der Waals surface area contributed by atoms with Crippen LogP contribution in [0, 0.1) is 0 Å². The molecule has 0 amide bonds. The van der Waals surface area contributed by atoms with Gasteiger partial charge >= 0.3 is 0 Å². The Morgan fingerprint density at radius 1 is 1.53 bits per heavy atom. The fourth-order valence-corrected chi connectivity index (χ4v) is 2.66. The number of hydrogen-bond acceptors (Lipinski definition) is 4. The molecule has 1 aromatic rings. The van der Waals surface area contributed by atoms with Gasteiger partial charge in [-0.15, -0.1) is 0 Å². The lowest BCUT2D eigenvalue weighted by molar-refractivity contribution is 0.169. The predicted octanol–water partition coefficient (Wildman–Crippen LogP) is 2.06. The molecule has 2 atom stereocenters. The van der Waals surface area contributed by atoms with Crippen LogP contribution in [0.4, 0.5) is 5.69 Å². The van der Waals surface area contributed by atoms with Crippen molar-refractivity contribution in [3.63, 3.8) is 0 Å². The van der Waals surface area contributed by atoms with Gasteiger partial charge in [0.15, 0.2) is 0 Å². The van der Waals surface area contributed by atoms with Gasteiger partial charge in [-0.3, -0.25) is 4.98 Å². The van der Waals surface area contributed by atoms with Crippen LogP contribution in [0.5, 0.6) is 0 Å². The highest BCUT2D eigenvalue weighted by Gasteiger charge is 2.22. The van der Waals surface area contributed by atoms with E-state index in [9.17, 15) is 5.11 Å². The summed E-state index contributed by atoms with van der Waals surface area (Å²) < 4.78 is 0. The Kier molecular flexibility index (Phi) is 4.77. The normalized spacial score (nSPS) is 21.6. The van der Waals surface area contributed by atoms with E-state index in [4.69, 9.17) is 0 Å². The smallest absolute Gasteiger partial charge is 0.0957 e. The number of likely N-dealkylation sites (tertiary alicyclic amines) is 1. The van der Waals surface area contributed by atoms with Gasteiger partial charge in [-0.25, -0.2) is 0 Å². The average Bonchev–Trinajstić information content (AvgIpc) is 2.83. The summed E-state index contributed by atoms with van der Waals surface area (Å²) in [6.45, 7) is 4.20. The van der Waals surface area contributed by atoms with Gasteiger partial charge < -0.3 is 14.9 Å². The maximum Gasteiger partial charge on any atom is 0.0957 e. The van der Waals surface area contributed by atoms with Gasteiger partial charge in [-0.2, -0.15) is 0 Å². The monoisotopic (exact) mass is 263 g/mol. The van der Waals surface area contributed by atoms with Crippen molar-refractivity contribution in [3.8, 4) is 0 Å². The zero-order chi connectivity index (χ0) is 13.8. The lowest BCUT2D eigenvalue weighted by Gasteiger charge is -2.27. The Bertz CT molecular complexity index is 393. The van der Waals surface area contributed by atoms with Crippen molar-refractivity contribution in [1.29, 1.82) is 0 Å². The van der Waals surface area contributed by atoms with E-state index in [0.29, 0.717) is 12.5 Å². The van der Waals surface area contributed by atoms with Crippen LogP contribution in [0.25, 0.3) is 0 Å². The first-order chi connectivity index (χ1) is 9.11. The number of hydrogen-bond donors (Lipinski definition) is 1. The third kappa shape index (κ3) is 3.45. The lowest BCUT2D eigenvalue weighted by atomic mass is 10.1. The van der Waals surface area contributed by atoms with E-state index in [1.54, 1.807) is 0 Å². The molecule has 4 nitrogen and oxygen atoms in total. The van der Waals surface area contributed by atoms with Crippen molar-refractivity contribution >= 4 is 5.69 Å². The molecule has 1 unspecified atom stereocenters. The number of nitrogens with zero attached hydrogens (tertiary/aromatic N) is 3. The third-order valence-corrected chi connectivity index (χ3v) is 4.10. The zero-order valence-corrected chi connectivity index (χ0v) is 12.2. The van der Waals surface area contributed by atoms with E-state index in [-0.39, 0.29) is 0 Å². The SMILES string of the molecule is CC[C@H](O)c1ccc(N(C)CC2CCCN2C)cn1. The number of pyridine rings is 1. The first-order valence-corrected chi connectivity index (χ1v) is 7.17. The van der Waals surface area contributed by atoms with Crippen LogP contribution < -0.4 is 4.90 Å². The highest BCUT2D eigenvalue weighted by Crippen LogP contribution is 2.20. The second-order valence-electron chi connectivity index (χ2n) is 5.52. The highest BCUT2D eigenvalue weighted by atomic mass is 16.3. The van der Waals surface area contributed by atoms with Crippen molar-refractivity contribution < 1.29 is 5.11 Å². The number of rotatable bonds is 5. The van der Waals surface area contributed by atoms with E-state index in [2.05, 4.69) is 34.9 Å². The topological polar surface area (TPSA) is 39.6 Å². The standard InChI is InChI=1S/C15H25N3O/c1-4-15(19)14-8-7-12(10-16-14)18(3)11-13-6-5-9-17(13)2/h7-8,10,13,15,19H,4-6,9,11H2,1-3H3/t13?,15-/m0/s1. The van der Waals surface area contributed by atoms with Gasteiger partial charge in [0.05, 0.1) is 23.7 Å². The number of likely N-dealkylation sites (N-methyl/N-ethyl adjacent to an activating group) is 2. The molecule has 0 saturated carbocycles. The van der Waals surface area contributed by atoms with Crippen molar-refractivity contribution in [3.05, 3.63) is 24.0 Å². The van der Waals surface area contributed by atoms with Crippen LogP contribution in [0.1, 0.15) is 38.0 Å². The van der Waals surface area contributed by atoms with Gasteiger partial charge in [0.25, 0.3) is 0 Å². The molecule has 1 fully saturated rings. The van der Waals surface area contributed by atoms with E-state index >= 15 is 0 Å². The minimum Gasteiger partial charge on any atom is -0.387 e. The summed E-state index contributed by atoms with van der Waals surface area (Å²) in [4.78, 5) is 9.04. The average molecular weight is 263 g/mol. The van der Waals surface area contributed by atoms with Crippen LogP contribution in [0.15, 0.2) is 18.3 Å². The molecule has 0 spiro atoms. The Hall–Kier alpha value is -1.13. The first-order valence-electron chi connectivity index (χ1n) is 7.17. The minimum absolute atomic E-state index is 0.444. The van der Waals surface area contributed by atoms with Gasteiger partial charge in [0.2, 0.25) is 0 Å². The summed E-state index contributed by atoms with van der Waals surface area (Å²) in [7, 11) is 4.31. The van der Waals surface area contributed by atoms with Crippen molar-refractivity contribution in [2.24, 2.45) is 0 Å². The Labute approximate surface area is 116 Å². The summed E-state index contributed by atoms with van der Waals surface area (Å²) in [6, 6.07) is 4.63. The molecule has 0 radical (unpaired) electrons. The molecule has 1 N–H and O–H groups in total. The molecule has 2 heterocycles. The molecular formula is C15H25N3O. The summed E-state index contributed by atoms with van der Waals surface area (Å²) in [5, 5.41) is 9.74. The van der Waals surface area contributed by atoms with Crippen molar-refractivity contribution in [1.82, 2.24) is 9.88 Å². The van der Waals surface area contributed by atoms with Gasteiger partial charge in [0.1, 0.15) is 0 Å². The summed E-state index contributed by atoms with van der Waals surface area (Å²) in [5.74, 6) is 0. The largest absolute Gasteiger partial charge is 0.387 e. The summed E-state index contributed by atoms with van der Waals surface area (Å²) in [6.07, 6.45) is 4.70. The fraction of sp³-hybridized carbons (Fsp3) is 0.667.